The van der Waals surface area contributed by atoms with Crippen LogP contribution in [-0.2, 0) is 6.42 Å². The fourth-order valence-electron chi connectivity index (χ4n) is 5.12. The minimum Gasteiger partial charge on any atom is -0.205 e. The Morgan fingerprint density at radius 3 is 2.11 bits per heavy atom. The van der Waals surface area contributed by atoms with Gasteiger partial charge in [0.1, 0.15) is 11.6 Å². The lowest BCUT2D eigenvalue weighted by Crippen LogP contribution is -2.13. The van der Waals surface area contributed by atoms with Crippen molar-refractivity contribution in [3.8, 4) is 23.0 Å². The molecule has 1 saturated carbocycles. The molecule has 2 heteroatoms. The summed E-state index contributed by atoms with van der Waals surface area (Å²) in [4.78, 5) is 0. The standard InChI is InChI=1S/C33H34F2/c1-3-5-7-25-12-15-27(16-13-25)28-17-19-29(20-18-28)30-22-32(34)31(33(35)23-30)21-14-26-10-8-24(6-4-2)9-11-26/h3,8-11,17-20,22-23,25,27H,1,4-7,12-13,15-16H2,2H3. The molecule has 0 spiro atoms. The maximum atomic E-state index is 14.8. The minimum atomic E-state index is -0.628. The van der Waals surface area contributed by atoms with Gasteiger partial charge in [-0.1, -0.05) is 67.7 Å². The van der Waals surface area contributed by atoms with Gasteiger partial charge >= 0.3 is 0 Å². The van der Waals surface area contributed by atoms with Gasteiger partial charge in [-0.05, 0) is 103 Å². The predicted octanol–water partition coefficient (Wildman–Crippen LogP) is 9.22. The summed E-state index contributed by atoms with van der Waals surface area (Å²) in [6.45, 7) is 5.97. The van der Waals surface area contributed by atoms with E-state index in [1.807, 2.05) is 42.5 Å². The minimum absolute atomic E-state index is 0.184. The van der Waals surface area contributed by atoms with Gasteiger partial charge in [-0.25, -0.2) is 8.78 Å². The Labute approximate surface area is 209 Å². The van der Waals surface area contributed by atoms with Crippen LogP contribution in [0.15, 0.2) is 73.3 Å². The molecule has 4 rings (SSSR count). The van der Waals surface area contributed by atoms with Crippen LogP contribution in [0.5, 0.6) is 0 Å². The highest BCUT2D eigenvalue weighted by molar-refractivity contribution is 5.65. The lowest BCUT2D eigenvalue weighted by molar-refractivity contribution is 0.312. The second-order valence-corrected chi connectivity index (χ2v) is 9.72. The van der Waals surface area contributed by atoms with Crippen LogP contribution in [0.4, 0.5) is 8.78 Å². The molecule has 0 aromatic heterocycles. The number of hydrogen-bond donors (Lipinski definition) is 0. The number of allylic oxidation sites excluding steroid dienone is 1. The van der Waals surface area contributed by atoms with Crippen molar-refractivity contribution >= 4 is 0 Å². The molecule has 0 bridgehead atoms. The van der Waals surface area contributed by atoms with Gasteiger partial charge < -0.3 is 0 Å². The Hall–Kier alpha value is -3.18. The van der Waals surface area contributed by atoms with Crippen LogP contribution in [0.1, 0.15) is 80.0 Å². The summed E-state index contributed by atoms with van der Waals surface area (Å²) in [5, 5.41) is 0. The zero-order valence-corrected chi connectivity index (χ0v) is 20.6. The van der Waals surface area contributed by atoms with Gasteiger partial charge in [0.05, 0.1) is 5.56 Å². The first kappa shape index (κ1) is 24.9. The molecule has 1 fully saturated rings. The van der Waals surface area contributed by atoms with Crippen molar-refractivity contribution in [3.05, 3.63) is 107 Å². The van der Waals surface area contributed by atoms with E-state index in [9.17, 15) is 8.78 Å². The Balaban J connectivity index is 1.44. The highest BCUT2D eigenvalue weighted by Crippen LogP contribution is 2.38. The van der Waals surface area contributed by atoms with Crippen LogP contribution >= 0.6 is 0 Å². The molecule has 1 aliphatic carbocycles. The van der Waals surface area contributed by atoms with Crippen LogP contribution < -0.4 is 0 Å². The summed E-state index contributed by atoms with van der Waals surface area (Å²) < 4.78 is 29.6. The third-order valence-electron chi connectivity index (χ3n) is 7.21. The summed E-state index contributed by atoms with van der Waals surface area (Å²) in [6, 6.07) is 18.8. The Bertz CT molecular complexity index is 1160. The first-order chi connectivity index (χ1) is 17.1. The highest BCUT2D eigenvalue weighted by atomic mass is 19.1. The largest absolute Gasteiger partial charge is 0.205 e. The molecule has 0 saturated heterocycles. The normalized spacial score (nSPS) is 17.5. The van der Waals surface area contributed by atoms with Gasteiger partial charge in [0.2, 0.25) is 0 Å². The molecule has 180 valence electrons. The van der Waals surface area contributed by atoms with Crippen LogP contribution in [0.3, 0.4) is 0 Å². The topological polar surface area (TPSA) is 0 Å². The Morgan fingerprint density at radius 2 is 1.51 bits per heavy atom. The SMILES string of the molecule is C=CCCC1CCC(c2ccc(-c3cc(F)c(C#Cc4ccc(CCC)cc4)c(F)c3)cc2)CC1. The average Bonchev–Trinajstić information content (AvgIpc) is 2.88. The molecule has 0 atom stereocenters. The first-order valence-electron chi connectivity index (χ1n) is 12.9. The first-order valence-corrected chi connectivity index (χ1v) is 12.9. The van der Waals surface area contributed by atoms with Crippen molar-refractivity contribution in [1.82, 2.24) is 0 Å². The number of rotatable bonds is 7. The van der Waals surface area contributed by atoms with E-state index in [1.165, 1.54) is 55.4 Å². The maximum Gasteiger partial charge on any atom is 0.142 e. The third-order valence-corrected chi connectivity index (χ3v) is 7.21. The molecule has 0 heterocycles. The number of aryl methyl sites for hydroxylation is 1. The van der Waals surface area contributed by atoms with Crippen LogP contribution in [0.25, 0.3) is 11.1 Å². The summed E-state index contributed by atoms with van der Waals surface area (Å²) in [5.74, 6) is 5.72. The predicted molar refractivity (Wildman–Crippen MR) is 142 cm³/mol. The van der Waals surface area contributed by atoms with E-state index in [4.69, 9.17) is 0 Å². The van der Waals surface area contributed by atoms with Crippen molar-refractivity contribution in [2.45, 2.75) is 64.2 Å². The number of halogens is 2. The quantitative estimate of drug-likeness (QED) is 0.239. The molecule has 0 N–H and O–H groups in total. The fourth-order valence-corrected chi connectivity index (χ4v) is 5.12. The van der Waals surface area contributed by atoms with Gasteiger partial charge in [0, 0.05) is 5.56 Å². The lowest BCUT2D eigenvalue weighted by atomic mass is 9.77. The van der Waals surface area contributed by atoms with Gasteiger partial charge in [-0.15, -0.1) is 6.58 Å². The van der Waals surface area contributed by atoms with E-state index in [1.54, 1.807) is 0 Å². The molecule has 0 unspecified atom stereocenters. The zero-order chi connectivity index (χ0) is 24.6. The van der Waals surface area contributed by atoms with Crippen molar-refractivity contribution in [1.29, 1.82) is 0 Å². The second-order valence-electron chi connectivity index (χ2n) is 9.72. The van der Waals surface area contributed by atoms with Crippen molar-refractivity contribution in [2.75, 3.05) is 0 Å². The van der Waals surface area contributed by atoms with Gasteiger partial charge in [0.15, 0.2) is 0 Å². The lowest BCUT2D eigenvalue weighted by Gasteiger charge is -2.28. The molecule has 3 aromatic carbocycles. The van der Waals surface area contributed by atoms with Crippen molar-refractivity contribution < 1.29 is 8.78 Å². The summed E-state index contributed by atoms with van der Waals surface area (Å²) in [7, 11) is 0. The van der Waals surface area contributed by atoms with E-state index in [0.717, 1.165) is 36.3 Å². The van der Waals surface area contributed by atoms with Gasteiger partial charge in [-0.2, -0.15) is 0 Å². The number of benzene rings is 3. The second kappa shape index (κ2) is 12.0. The molecular formula is C33H34F2. The molecule has 1 aliphatic rings. The molecule has 0 amide bonds. The van der Waals surface area contributed by atoms with Crippen molar-refractivity contribution in [2.24, 2.45) is 5.92 Å². The number of hydrogen-bond acceptors (Lipinski definition) is 0. The smallest absolute Gasteiger partial charge is 0.142 e. The average molecular weight is 469 g/mol. The van der Waals surface area contributed by atoms with Crippen LogP contribution in [-0.4, -0.2) is 0 Å². The summed E-state index contributed by atoms with van der Waals surface area (Å²) in [5.41, 5.74) is 4.48. The van der Waals surface area contributed by atoms with Gasteiger partial charge in [0.25, 0.3) is 0 Å². The summed E-state index contributed by atoms with van der Waals surface area (Å²) >= 11 is 0. The van der Waals surface area contributed by atoms with E-state index < -0.39 is 11.6 Å². The van der Waals surface area contributed by atoms with Crippen LogP contribution in [0.2, 0.25) is 0 Å². The van der Waals surface area contributed by atoms with E-state index in [0.29, 0.717) is 11.5 Å². The van der Waals surface area contributed by atoms with Crippen molar-refractivity contribution in [3.63, 3.8) is 0 Å². The summed E-state index contributed by atoms with van der Waals surface area (Å²) in [6.07, 6.45) is 11.4. The molecular weight excluding hydrogens is 434 g/mol. The highest BCUT2D eigenvalue weighted by Gasteiger charge is 2.22. The van der Waals surface area contributed by atoms with Crippen LogP contribution in [0, 0.1) is 29.4 Å². The Kier molecular flexibility index (Phi) is 8.54. The monoisotopic (exact) mass is 468 g/mol. The molecule has 0 nitrogen and oxygen atoms in total. The Morgan fingerprint density at radius 1 is 0.857 bits per heavy atom. The molecule has 0 aliphatic heterocycles. The van der Waals surface area contributed by atoms with E-state index in [2.05, 4.69) is 37.5 Å². The molecule has 35 heavy (non-hydrogen) atoms. The molecule has 3 aromatic rings. The fraction of sp³-hybridized carbons (Fsp3) is 0.333. The third kappa shape index (κ3) is 6.49. The zero-order valence-electron chi connectivity index (χ0n) is 20.6. The molecule has 0 radical (unpaired) electrons. The van der Waals surface area contributed by atoms with E-state index in [-0.39, 0.29) is 5.56 Å². The van der Waals surface area contributed by atoms with Gasteiger partial charge in [-0.3, -0.25) is 0 Å². The maximum absolute atomic E-state index is 14.8. The van der Waals surface area contributed by atoms with E-state index >= 15 is 0 Å².